The number of methoxy groups -OCH3 is 1. The van der Waals surface area contributed by atoms with Gasteiger partial charge in [0.15, 0.2) is 5.78 Å². The third-order valence-corrected chi connectivity index (χ3v) is 3.07. The first-order valence-corrected chi connectivity index (χ1v) is 6.22. The summed E-state index contributed by atoms with van der Waals surface area (Å²) in [5.41, 5.74) is 0. The van der Waals surface area contributed by atoms with Gasteiger partial charge in [0.1, 0.15) is 12.4 Å². The fraction of sp³-hybridized carbons (Fsp3) is 0.429. The summed E-state index contributed by atoms with van der Waals surface area (Å²) < 4.78 is 10.1. The van der Waals surface area contributed by atoms with E-state index in [0.29, 0.717) is 13.0 Å². The Bertz CT molecular complexity index is 446. The monoisotopic (exact) mass is 263 g/mol. The highest BCUT2D eigenvalue weighted by Crippen LogP contribution is 2.15. The van der Waals surface area contributed by atoms with Gasteiger partial charge in [-0.05, 0) is 12.1 Å². The summed E-state index contributed by atoms with van der Waals surface area (Å²) in [6.07, 6.45) is 0.464. The van der Waals surface area contributed by atoms with Crippen molar-refractivity contribution in [3.8, 4) is 5.75 Å². The Hall–Kier alpha value is -1.88. The highest BCUT2D eigenvalue weighted by molar-refractivity contribution is 5.90. The molecule has 0 aliphatic carbocycles. The van der Waals surface area contributed by atoms with Gasteiger partial charge in [-0.15, -0.1) is 0 Å². The van der Waals surface area contributed by atoms with Crippen molar-refractivity contribution in [2.45, 2.75) is 24.9 Å². The number of carbonyl (C=O) groups excluding carboxylic acids is 2. The van der Waals surface area contributed by atoms with Crippen LogP contribution in [0.2, 0.25) is 0 Å². The molecule has 0 unspecified atom stereocenters. The molecule has 0 spiro atoms. The number of rotatable bonds is 5. The number of para-hydroxylation sites is 1. The lowest BCUT2D eigenvalue weighted by Gasteiger charge is -2.13. The third kappa shape index (κ3) is 3.79. The van der Waals surface area contributed by atoms with Gasteiger partial charge in [0.25, 0.3) is 0 Å². The summed E-state index contributed by atoms with van der Waals surface area (Å²) in [7, 11) is 1.32. The SMILES string of the molecule is COC(=O)C[C@@H]1N[C@H](COc2ccccc2)CC1=O. The van der Waals surface area contributed by atoms with Gasteiger partial charge in [-0.3, -0.25) is 9.59 Å². The molecule has 0 bridgehead atoms. The summed E-state index contributed by atoms with van der Waals surface area (Å²) in [5.74, 6) is 0.427. The van der Waals surface area contributed by atoms with E-state index in [0.717, 1.165) is 5.75 Å². The van der Waals surface area contributed by atoms with E-state index in [1.165, 1.54) is 7.11 Å². The van der Waals surface area contributed by atoms with E-state index >= 15 is 0 Å². The Kier molecular flexibility index (Phi) is 4.52. The molecule has 0 amide bonds. The molecule has 1 aromatic rings. The van der Waals surface area contributed by atoms with Crippen LogP contribution in [0.5, 0.6) is 5.75 Å². The molecule has 1 aromatic carbocycles. The van der Waals surface area contributed by atoms with Gasteiger partial charge in [-0.1, -0.05) is 18.2 Å². The van der Waals surface area contributed by atoms with Crippen LogP contribution < -0.4 is 10.1 Å². The second-order valence-electron chi connectivity index (χ2n) is 4.49. The molecule has 2 atom stereocenters. The number of ether oxygens (including phenoxy) is 2. The lowest BCUT2D eigenvalue weighted by atomic mass is 10.1. The van der Waals surface area contributed by atoms with E-state index in [-0.39, 0.29) is 24.2 Å². The van der Waals surface area contributed by atoms with Gasteiger partial charge in [0.2, 0.25) is 0 Å². The van der Waals surface area contributed by atoms with Crippen LogP contribution in [0.1, 0.15) is 12.8 Å². The number of benzene rings is 1. The van der Waals surface area contributed by atoms with Crippen LogP contribution in [0.3, 0.4) is 0 Å². The molecule has 102 valence electrons. The van der Waals surface area contributed by atoms with E-state index in [4.69, 9.17) is 4.74 Å². The largest absolute Gasteiger partial charge is 0.492 e. The molecule has 1 aliphatic rings. The Morgan fingerprint density at radius 2 is 2.11 bits per heavy atom. The summed E-state index contributed by atoms with van der Waals surface area (Å²) in [6.45, 7) is 0.410. The van der Waals surface area contributed by atoms with E-state index in [1.54, 1.807) is 0 Å². The molecule has 2 rings (SSSR count). The maximum Gasteiger partial charge on any atom is 0.307 e. The van der Waals surface area contributed by atoms with Crippen LogP contribution in [0.15, 0.2) is 30.3 Å². The van der Waals surface area contributed by atoms with Gasteiger partial charge in [-0.2, -0.15) is 0 Å². The molecule has 1 fully saturated rings. The van der Waals surface area contributed by atoms with Crippen molar-refractivity contribution in [2.24, 2.45) is 0 Å². The number of hydrogen-bond acceptors (Lipinski definition) is 5. The first-order chi connectivity index (χ1) is 9.19. The Morgan fingerprint density at radius 3 is 2.79 bits per heavy atom. The summed E-state index contributed by atoms with van der Waals surface area (Å²) >= 11 is 0. The molecule has 19 heavy (non-hydrogen) atoms. The minimum Gasteiger partial charge on any atom is -0.492 e. The number of ketones is 1. The molecule has 5 nitrogen and oxygen atoms in total. The van der Waals surface area contributed by atoms with Crippen molar-refractivity contribution in [3.63, 3.8) is 0 Å². The summed E-state index contributed by atoms with van der Waals surface area (Å²) in [5, 5.41) is 3.10. The van der Waals surface area contributed by atoms with E-state index in [9.17, 15) is 9.59 Å². The number of nitrogens with one attached hydrogen (secondary N) is 1. The van der Waals surface area contributed by atoms with Crippen LogP contribution in [-0.2, 0) is 14.3 Å². The smallest absolute Gasteiger partial charge is 0.307 e. The molecule has 1 aliphatic heterocycles. The highest BCUT2D eigenvalue weighted by atomic mass is 16.5. The van der Waals surface area contributed by atoms with Crippen molar-refractivity contribution in [1.29, 1.82) is 0 Å². The minimum absolute atomic E-state index is 0.0343. The van der Waals surface area contributed by atoms with Crippen LogP contribution >= 0.6 is 0 Å². The first-order valence-electron chi connectivity index (χ1n) is 6.22. The van der Waals surface area contributed by atoms with Crippen LogP contribution in [-0.4, -0.2) is 37.6 Å². The molecule has 0 saturated carbocycles. The topological polar surface area (TPSA) is 64.6 Å². The number of hydrogen-bond donors (Lipinski definition) is 1. The first kappa shape index (κ1) is 13.5. The van der Waals surface area contributed by atoms with Crippen molar-refractivity contribution < 1.29 is 19.1 Å². The Morgan fingerprint density at radius 1 is 1.37 bits per heavy atom. The zero-order valence-corrected chi connectivity index (χ0v) is 10.8. The van der Waals surface area contributed by atoms with Gasteiger partial charge in [0, 0.05) is 12.5 Å². The lowest BCUT2D eigenvalue weighted by molar-refractivity contribution is -0.142. The predicted octanol–water partition coefficient (Wildman–Crippen LogP) is 0.928. The second-order valence-corrected chi connectivity index (χ2v) is 4.49. The molecule has 1 heterocycles. The van der Waals surface area contributed by atoms with Crippen molar-refractivity contribution >= 4 is 11.8 Å². The number of Topliss-reactive ketones (excluding diaryl/α,β-unsaturated/α-hetero) is 1. The maximum atomic E-state index is 11.7. The maximum absolute atomic E-state index is 11.7. The Balaban J connectivity index is 1.81. The van der Waals surface area contributed by atoms with Crippen molar-refractivity contribution in [3.05, 3.63) is 30.3 Å². The summed E-state index contributed by atoms with van der Waals surface area (Å²) in [6, 6.07) is 8.92. The van der Waals surface area contributed by atoms with Crippen LogP contribution in [0.25, 0.3) is 0 Å². The molecule has 0 radical (unpaired) electrons. The van der Waals surface area contributed by atoms with Crippen molar-refractivity contribution in [1.82, 2.24) is 5.32 Å². The third-order valence-electron chi connectivity index (χ3n) is 3.07. The average Bonchev–Trinajstić information content (AvgIpc) is 2.78. The molecular weight excluding hydrogens is 246 g/mol. The summed E-state index contributed by atoms with van der Waals surface area (Å²) in [4.78, 5) is 22.9. The van der Waals surface area contributed by atoms with E-state index in [1.807, 2.05) is 30.3 Å². The standard InChI is InChI=1S/C14H17NO4/c1-18-14(17)8-12-13(16)7-10(15-12)9-19-11-5-3-2-4-6-11/h2-6,10,12,15H,7-9H2,1H3/t10-,12-/m0/s1. The minimum atomic E-state index is -0.447. The molecule has 0 aromatic heterocycles. The number of carbonyl (C=O) groups is 2. The van der Waals surface area contributed by atoms with Crippen LogP contribution in [0, 0.1) is 0 Å². The van der Waals surface area contributed by atoms with Gasteiger partial charge in [-0.25, -0.2) is 0 Å². The quantitative estimate of drug-likeness (QED) is 0.801. The molecule has 5 heteroatoms. The van der Waals surface area contributed by atoms with Gasteiger partial charge in [0.05, 0.1) is 19.6 Å². The fourth-order valence-electron chi connectivity index (χ4n) is 2.06. The number of esters is 1. The van der Waals surface area contributed by atoms with Crippen LogP contribution in [0.4, 0.5) is 0 Å². The van der Waals surface area contributed by atoms with Gasteiger partial charge < -0.3 is 14.8 Å². The second kappa shape index (κ2) is 6.33. The molecule has 1 N–H and O–H groups in total. The molecule has 1 saturated heterocycles. The highest BCUT2D eigenvalue weighted by Gasteiger charge is 2.33. The van der Waals surface area contributed by atoms with Gasteiger partial charge >= 0.3 is 5.97 Å². The average molecular weight is 263 g/mol. The fourth-order valence-corrected chi connectivity index (χ4v) is 2.06. The van der Waals surface area contributed by atoms with E-state index in [2.05, 4.69) is 10.1 Å². The normalized spacial score (nSPS) is 22.3. The molecular formula is C14H17NO4. The lowest BCUT2D eigenvalue weighted by Crippen LogP contribution is -2.36. The predicted molar refractivity (Wildman–Crippen MR) is 68.9 cm³/mol. The zero-order valence-electron chi connectivity index (χ0n) is 10.8. The van der Waals surface area contributed by atoms with E-state index < -0.39 is 6.04 Å². The zero-order chi connectivity index (χ0) is 13.7. The van der Waals surface area contributed by atoms with Crippen molar-refractivity contribution in [2.75, 3.05) is 13.7 Å². The Labute approximate surface area is 111 Å².